The Hall–Kier alpha value is -6.16. The molecule has 0 spiro atoms. The minimum atomic E-state index is -0.185. The molecule has 5 aliphatic heterocycles. The van der Waals surface area contributed by atoms with Gasteiger partial charge in [-0.3, -0.25) is 0 Å². The van der Waals surface area contributed by atoms with Gasteiger partial charge in [0.1, 0.15) is 29.5 Å². The molecule has 9 rings (SSSR count). The first-order valence-corrected chi connectivity index (χ1v) is 19.1. The lowest BCUT2D eigenvalue weighted by Gasteiger charge is -2.29. The van der Waals surface area contributed by atoms with Gasteiger partial charge in [-0.05, 0) is 148 Å². The van der Waals surface area contributed by atoms with Crippen molar-refractivity contribution in [3.05, 3.63) is 114 Å². The molecule has 0 aromatic heterocycles. The van der Waals surface area contributed by atoms with Gasteiger partial charge in [-0.1, -0.05) is 0 Å². The van der Waals surface area contributed by atoms with Gasteiger partial charge < -0.3 is 30.6 Å². The number of piperidine rings is 2. The van der Waals surface area contributed by atoms with Crippen LogP contribution in [0.5, 0.6) is 11.5 Å². The number of aromatic hydroxyl groups is 2. The summed E-state index contributed by atoms with van der Waals surface area (Å²) in [7, 11) is 0. The molecule has 2 fully saturated rings. The van der Waals surface area contributed by atoms with Crippen LogP contribution in [-0.2, 0) is 0 Å². The van der Waals surface area contributed by atoms with Gasteiger partial charge in [0, 0.05) is 60.1 Å². The number of phenolic OH excluding ortho intramolecular Hbond substituents is 2. The number of benzene rings is 4. The summed E-state index contributed by atoms with van der Waals surface area (Å²) in [4.78, 5) is 24.7. The third-order valence-corrected chi connectivity index (χ3v) is 10.9. The molecule has 0 amide bonds. The Morgan fingerprint density at radius 3 is 1.72 bits per heavy atom. The van der Waals surface area contributed by atoms with E-state index in [1.807, 2.05) is 24.3 Å². The van der Waals surface area contributed by atoms with E-state index in [-0.39, 0.29) is 17.4 Å². The van der Waals surface area contributed by atoms with E-state index in [2.05, 4.69) is 69.0 Å². The maximum atomic E-state index is 9.98. The Kier molecular flexibility index (Phi) is 9.16. The summed E-state index contributed by atoms with van der Waals surface area (Å²) in [6.45, 7) is 4.16. The number of allylic oxidation sites excluding steroid dienone is 3. The first-order chi connectivity index (χ1) is 26.5. The summed E-state index contributed by atoms with van der Waals surface area (Å²) in [5, 5.41) is 27.3. The molecule has 4 aromatic carbocycles. The quantitative estimate of drug-likeness (QED) is 0.135. The van der Waals surface area contributed by atoms with Crippen molar-refractivity contribution in [2.45, 2.75) is 44.9 Å². The maximum Gasteiger partial charge on any atom is 0.141 e. The molecule has 0 saturated carbocycles. The van der Waals surface area contributed by atoms with Gasteiger partial charge in [0.05, 0.1) is 28.7 Å². The van der Waals surface area contributed by atoms with E-state index in [1.54, 1.807) is 30.6 Å². The number of nitrogens with one attached hydrogen (secondary N) is 2. The topological polar surface area (TPSA) is 120 Å². The second-order valence-electron chi connectivity index (χ2n) is 14.6. The zero-order valence-corrected chi connectivity index (χ0v) is 30.2. The SMILES string of the molecule is Oc1ccc(Nc2cc(N3CCCCC3)ccc2C2=CC3=CC(c4ccc(N5CCCCC5)cc4Nc4ccc(O)cc4)=NC4=NC=NC(=N2)C4C3)cc1. The van der Waals surface area contributed by atoms with Crippen molar-refractivity contribution in [1.29, 1.82) is 0 Å². The van der Waals surface area contributed by atoms with Crippen LogP contribution in [0.3, 0.4) is 0 Å². The van der Waals surface area contributed by atoms with E-state index in [0.717, 1.165) is 77.0 Å². The molecular formula is C44H44N8O2. The molecule has 10 nitrogen and oxygen atoms in total. The number of hydrogen-bond acceptors (Lipinski definition) is 10. The molecule has 272 valence electrons. The Morgan fingerprint density at radius 2 is 1.13 bits per heavy atom. The van der Waals surface area contributed by atoms with Gasteiger partial charge in [0.25, 0.3) is 0 Å². The second-order valence-corrected chi connectivity index (χ2v) is 14.6. The van der Waals surface area contributed by atoms with E-state index >= 15 is 0 Å². The van der Waals surface area contributed by atoms with Crippen LogP contribution in [0.2, 0.25) is 0 Å². The fourth-order valence-electron chi connectivity index (χ4n) is 7.99. The highest BCUT2D eigenvalue weighted by Crippen LogP contribution is 2.39. The minimum absolute atomic E-state index is 0.185. The lowest BCUT2D eigenvalue weighted by molar-refractivity contribution is 0.475. The van der Waals surface area contributed by atoms with E-state index < -0.39 is 0 Å². The van der Waals surface area contributed by atoms with Crippen molar-refractivity contribution >= 4 is 63.5 Å². The average Bonchev–Trinajstić information content (AvgIpc) is 3.52. The molecule has 0 radical (unpaired) electrons. The number of anilines is 6. The van der Waals surface area contributed by atoms with Crippen molar-refractivity contribution in [3.63, 3.8) is 0 Å². The smallest absolute Gasteiger partial charge is 0.141 e. The van der Waals surface area contributed by atoms with Crippen LogP contribution in [0.25, 0.3) is 5.70 Å². The molecule has 1 unspecified atom stereocenters. The number of nitrogens with zero attached hydrogens (tertiary/aromatic N) is 6. The minimum Gasteiger partial charge on any atom is -0.508 e. The lowest BCUT2D eigenvalue weighted by Crippen LogP contribution is -2.29. The summed E-state index contributed by atoms with van der Waals surface area (Å²) < 4.78 is 0. The van der Waals surface area contributed by atoms with E-state index in [9.17, 15) is 10.2 Å². The summed E-state index contributed by atoms with van der Waals surface area (Å²) in [5.41, 5.74) is 10.6. The van der Waals surface area contributed by atoms with Crippen molar-refractivity contribution in [2.24, 2.45) is 25.9 Å². The van der Waals surface area contributed by atoms with Crippen molar-refractivity contribution in [2.75, 3.05) is 46.6 Å². The van der Waals surface area contributed by atoms with Crippen molar-refractivity contribution in [1.82, 2.24) is 0 Å². The van der Waals surface area contributed by atoms with E-state index in [4.69, 9.17) is 20.0 Å². The third-order valence-electron chi connectivity index (χ3n) is 10.9. The van der Waals surface area contributed by atoms with Gasteiger partial charge in [0.2, 0.25) is 0 Å². The van der Waals surface area contributed by atoms with Gasteiger partial charge in [-0.15, -0.1) is 0 Å². The Balaban J connectivity index is 1.14. The molecule has 2 saturated heterocycles. The second kappa shape index (κ2) is 14.7. The molecule has 10 heteroatoms. The first-order valence-electron chi connectivity index (χ1n) is 19.1. The van der Waals surface area contributed by atoms with Crippen LogP contribution in [0.4, 0.5) is 34.1 Å². The molecule has 5 heterocycles. The largest absolute Gasteiger partial charge is 0.508 e. The van der Waals surface area contributed by atoms with Crippen LogP contribution in [0, 0.1) is 5.92 Å². The predicted octanol–water partition coefficient (Wildman–Crippen LogP) is 9.19. The number of hydrogen-bond donors (Lipinski definition) is 4. The number of aliphatic imine (C=N–C) groups is 4. The number of fused-ring (bicyclic) bond motifs is 1. The van der Waals surface area contributed by atoms with E-state index in [0.29, 0.717) is 18.1 Å². The summed E-state index contributed by atoms with van der Waals surface area (Å²) in [6, 6.07) is 27.5. The van der Waals surface area contributed by atoms with Crippen LogP contribution in [-0.4, -0.2) is 60.1 Å². The normalized spacial score (nSPS) is 19.4. The third kappa shape index (κ3) is 7.11. The molecule has 5 aliphatic rings. The van der Waals surface area contributed by atoms with Crippen LogP contribution >= 0.6 is 0 Å². The van der Waals surface area contributed by atoms with Crippen molar-refractivity contribution in [3.8, 4) is 11.5 Å². The summed E-state index contributed by atoms with van der Waals surface area (Å²) in [6.07, 6.45) is 13.9. The maximum absolute atomic E-state index is 9.98. The van der Waals surface area contributed by atoms with Gasteiger partial charge in [0.15, 0.2) is 0 Å². The molecule has 1 atom stereocenters. The zero-order valence-electron chi connectivity index (χ0n) is 30.2. The fraction of sp³-hybridized carbons (Fsp3) is 0.273. The lowest BCUT2D eigenvalue weighted by atomic mass is 9.96. The van der Waals surface area contributed by atoms with Gasteiger partial charge in [-0.2, -0.15) is 0 Å². The molecule has 4 aromatic rings. The predicted molar refractivity (Wildman–Crippen MR) is 222 cm³/mol. The number of amidine groups is 2. The van der Waals surface area contributed by atoms with Crippen molar-refractivity contribution < 1.29 is 10.2 Å². The van der Waals surface area contributed by atoms with Crippen LogP contribution in [0.15, 0.2) is 123 Å². The van der Waals surface area contributed by atoms with Crippen LogP contribution in [0.1, 0.15) is 56.1 Å². The number of phenols is 2. The highest BCUT2D eigenvalue weighted by Gasteiger charge is 2.32. The molecule has 4 N–H and O–H groups in total. The summed E-state index contributed by atoms with van der Waals surface area (Å²) >= 11 is 0. The van der Waals surface area contributed by atoms with Gasteiger partial charge in [-0.25, -0.2) is 20.0 Å². The molecule has 2 bridgehead atoms. The zero-order chi connectivity index (χ0) is 36.4. The highest BCUT2D eigenvalue weighted by atomic mass is 16.3. The van der Waals surface area contributed by atoms with Gasteiger partial charge >= 0.3 is 0 Å². The Morgan fingerprint density at radius 1 is 0.574 bits per heavy atom. The monoisotopic (exact) mass is 716 g/mol. The van der Waals surface area contributed by atoms with Crippen LogP contribution < -0.4 is 20.4 Å². The first kappa shape index (κ1) is 33.7. The standard InChI is InChI=1S/C44H44N8O2/c53-34-13-7-30(8-14-34)47-41-26-32(51-19-3-1-4-20-51)11-17-36(41)39-24-29-23-38-43(49-39)45-28-46-44(38)50-40(25-29)37-18-12-33(52-21-5-2-6-22-52)27-42(37)48-31-9-15-35(54)16-10-31/h7-18,24-28,38,47-48,53-54H,1-6,19-23H2. The fourth-order valence-corrected chi connectivity index (χ4v) is 7.99. The average molecular weight is 717 g/mol. The van der Waals surface area contributed by atoms with E-state index in [1.165, 1.54) is 49.9 Å². The number of rotatable bonds is 8. The highest BCUT2D eigenvalue weighted by molar-refractivity contribution is 6.24. The summed E-state index contributed by atoms with van der Waals surface area (Å²) in [5.74, 6) is 1.65. The Labute approximate surface area is 315 Å². The molecule has 0 aliphatic carbocycles. The molecule has 54 heavy (non-hydrogen) atoms. The molecular weight excluding hydrogens is 673 g/mol. The Bertz CT molecular complexity index is 2130.